The summed E-state index contributed by atoms with van der Waals surface area (Å²) in [7, 11) is 1.70. The van der Waals surface area contributed by atoms with Crippen LogP contribution in [0.1, 0.15) is 37.7 Å². The smallest absolute Gasteiger partial charge is 0.228 e. The highest BCUT2D eigenvalue weighted by Gasteiger charge is 2.62. The van der Waals surface area contributed by atoms with Gasteiger partial charge in [0.05, 0.1) is 23.7 Å². The van der Waals surface area contributed by atoms with Crippen LogP contribution in [0.15, 0.2) is 30.3 Å². The Kier molecular flexibility index (Phi) is 4.73. The zero-order valence-electron chi connectivity index (χ0n) is 16.9. The number of nitrogens with zero attached hydrogens (tertiary/aromatic N) is 1. The molecule has 0 aromatic heterocycles. The van der Waals surface area contributed by atoms with Crippen LogP contribution < -0.4 is 5.32 Å². The van der Waals surface area contributed by atoms with Crippen LogP contribution in [0.4, 0.5) is 0 Å². The molecule has 152 valence electrons. The second kappa shape index (κ2) is 7.12. The van der Waals surface area contributed by atoms with Crippen LogP contribution in [0.25, 0.3) is 0 Å². The van der Waals surface area contributed by atoms with E-state index in [1.54, 1.807) is 7.11 Å². The van der Waals surface area contributed by atoms with Crippen molar-refractivity contribution < 1.29 is 14.3 Å². The molecule has 4 aliphatic rings. The highest BCUT2D eigenvalue weighted by Crippen LogP contribution is 2.55. The standard InChI is InChI=1S/C23H32N2O3/c1-27-16-22(9-5-10-22)21(26)24-12-18-19-14-25(13-17-6-3-2-4-7-17)15-23(19)11-8-20(18)28-23/h2-4,6-7,18-20H,5,8-16H2,1H3,(H,24,26)/t18-,19+,20+,23+/m0/s1. The van der Waals surface area contributed by atoms with Gasteiger partial charge < -0.3 is 14.8 Å². The van der Waals surface area contributed by atoms with Gasteiger partial charge in [-0.1, -0.05) is 36.8 Å². The fraction of sp³-hybridized carbons (Fsp3) is 0.696. The summed E-state index contributed by atoms with van der Waals surface area (Å²) in [5, 5.41) is 3.29. The number of methoxy groups -OCH3 is 1. The van der Waals surface area contributed by atoms with Gasteiger partial charge in [0.15, 0.2) is 0 Å². The summed E-state index contributed by atoms with van der Waals surface area (Å²) >= 11 is 0. The van der Waals surface area contributed by atoms with E-state index in [0.29, 0.717) is 24.5 Å². The Labute approximate surface area is 167 Å². The van der Waals surface area contributed by atoms with Gasteiger partial charge in [0, 0.05) is 45.1 Å². The lowest BCUT2D eigenvalue weighted by Crippen LogP contribution is -2.51. The third kappa shape index (κ3) is 2.99. The van der Waals surface area contributed by atoms with Crippen LogP contribution in [-0.2, 0) is 20.8 Å². The number of amides is 1. The maximum Gasteiger partial charge on any atom is 0.228 e. The number of benzene rings is 1. The second-order valence-corrected chi connectivity index (χ2v) is 9.46. The van der Waals surface area contributed by atoms with Crippen LogP contribution in [0.3, 0.4) is 0 Å². The molecule has 3 saturated heterocycles. The molecule has 28 heavy (non-hydrogen) atoms. The van der Waals surface area contributed by atoms with E-state index in [0.717, 1.165) is 51.9 Å². The number of hydrogen-bond donors (Lipinski definition) is 1. The molecule has 3 aliphatic heterocycles. The third-order valence-corrected chi connectivity index (χ3v) is 7.81. The van der Waals surface area contributed by atoms with Gasteiger partial charge in [0.1, 0.15) is 0 Å². The Morgan fingerprint density at radius 1 is 1.29 bits per heavy atom. The fourth-order valence-corrected chi connectivity index (χ4v) is 6.24. The molecule has 1 aliphatic carbocycles. The minimum atomic E-state index is -0.278. The first kappa shape index (κ1) is 18.6. The zero-order valence-corrected chi connectivity index (χ0v) is 16.9. The zero-order chi connectivity index (χ0) is 19.2. The van der Waals surface area contributed by atoms with Crippen LogP contribution in [0.5, 0.6) is 0 Å². The maximum absolute atomic E-state index is 12.9. The summed E-state index contributed by atoms with van der Waals surface area (Å²) in [5.74, 6) is 1.17. The average molecular weight is 385 g/mol. The summed E-state index contributed by atoms with van der Waals surface area (Å²) in [5.41, 5.74) is 1.11. The lowest BCUT2D eigenvalue weighted by atomic mass is 9.68. The Balaban J connectivity index is 1.23. The fourth-order valence-electron chi connectivity index (χ4n) is 6.24. The first-order valence-electron chi connectivity index (χ1n) is 10.9. The molecule has 1 aromatic rings. The van der Waals surface area contributed by atoms with Crippen molar-refractivity contribution in [2.75, 3.05) is 33.4 Å². The van der Waals surface area contributed by atoms with Gasteiger partial charge in [0.2, 0.25) is 5.91 Å². The van der Waals surface area contributed by atoms with Gasteiger partial charge >= 0.3 is 0 Å². The minimum Gasteiger partial charge on any atom is -0.384 e. The largest absolute Gasteiger partial charge is 0.384 e. The molecule has 1 aromatic carbocycles. The molecule has 2 bridgehead atoms. The van der Waals surface area contributed by atoms with Crippen molar-refractivity contribution >= 4 is 5.91 Å². The van der Waals surface area contributed by atoms with Gasteiger partial charge in [-0.05, 0) is 31.2 Å². The van der Waals surface area contributed by atoms with Crippen molar-refractivity contribution in [3.8, 4) is 0 Å². The lowest BCUT2D eigenvalue weighted by Gasteiger charge is -2.40. The normalized spacial score (nSPS) is 35.5. The molecule has 1 spiro atoms. The number of ether oxygens (including phenoxy) is 2. The molecule has 5 rings (SSSR count). The Morgan fingerprint density at radius 2 is 2.11 bits per heavy atom. The molecular weight excluding hydrogens is 352 g/mol. The molecule has 0 radical (unpaired) electrons. The molecule has 4 atom stereocenters. The van der Waals surface area contributed by atoms with Crippen molar-refractivity contribution in [2.24, 2.45) is 17.3 Å². The second-order valence-electron chi connectivity index (χ2n) is 9.46. The van der Waals surface area contributed by atoms with Crippen LogP contribution in [0.2, 0.25) is 0 Å². The predicted molar refractivity (Wildman–Crippen MR) is 107 cm³/mol. The van der Waals surface area contributed by atoms with Crippen molar-refractivity contribution in [1.82, 2.24) is 10.2 Å². The van der Waals surface area contributed by atoms with Crippen molar-refractivity contribution in [2.45, 2.75) is 50.4 Å². The highest BCUT2D eigenvalue weighted by molar-refractivity contribution is 5.83. The first-order valence-corrected chi connectivity index (χ1v) is 10.9. The lowest BCUT2D eigenvalue weighted by molar-refractivity contribution is -0.140. The van der Waals surface area contributed by atoms with Gasteiger partial charge in [-0.15, -0.1) is 0 Å². The molecule has 5 nitrogen and oxygen atoms in total. The van der Waals surface area contributed by atoms with Crippen LogP contribution in [-0.4, -0.2) is 55.9 Å². The number of carbonyl (C=O) groups excluding carboxylic acids is 1. The van der Waals surface area contributed by atoms with Crippen molar-refractivity contribution in [3.63, 3.8) is 0 Å². The van der Waals surface area contributed by atoms with Crippen molar-refractivity contribution in [1.29, 1.82) is 0 Å². The number of fused-ring (bicyclic) bond motifs is 1. The molecule has 1 N–H and O–H groups in total. The highest BCUT2D eigenvalue weighted by atomic mass is 16.5. The number of nitrogens with one attached hydrogen (secondary N) is 1. The van der Waals surface area contributed by atoms with Gasteiger partial charge in [-0.3, -0.25) is 9.69 Å². The monoisotopic (exact) mass is 384 g/mol. The number of rotatable bonds is 7. The van der Waals surface area contributed by atoms with Crippen LogP contribution in [0, 0.1) is 17.3 Å². The summed E-state index contributed by atoms with van der Waals surface area (Å²) in [6, 6.07) is 10.7. The quantitative estimate of drug-likeness (QED) is 0.785. The maximum atomic E-state index is 12.9. The van der Waals surface area contributed by atoms with Gasteiger partial charge in [-0.25, -0.2) is 0 Å². The molecule has 1 saturated carbocycles. The average Bonchev–Trinajstić information content (AvgIpc) is 3.31. The van der Waals surface area contributed by atoms with E-state index in [4.69, 9.17) is 9.47 Å². The molecule has 1 amide bonds. The number of hydrogen-bond acceptors (Lipinski definition) is 4. The van der Waals surface area contributed by atoms with E-state index in [2.05, 4.69) is 40.5 Å². The third-order valence-electron chi connectivity index (χ3n) is 7.81. The van der Waals surface area contributed by atoms with E-state index < -0.39 is 0 Å². The molecule has 4 fully saturated rings. The Bertz CT molecular complexity index is 720. The minimum absolute atomic E-state index is 0.0233. The summed E-state index contributed by atoms with van der Waals surface area (Å²) in [6.07, 6.45) is 5.67. The van der Waals surface area contributed by atoms with E-state index in [-0.39, 0.29) is 16.9 Å². The number of carbonyl (C=O) groups is 1. The van der Waals surface area contributed by atoms with E-state index in [1.165, 1.54) is 12.0 Å². The molecule has 5 heteroatoms. The Hall–Kier alpha value is -1.43. The Morgan fingerprint density at radius 3 is 2.82 bits per heavy atom. The van der Waals surface area contributed by atoms with Gasteiger partial charge in [0.25, 0.3) is 0 Å². The first-order chi connectivity index (χ1) is 13.6. The predicted octanol–water partition coefficient (Wildman–Crippen LogP) is 2.60. The topological polar surface area (TPSA) is 50.8 Å². The van der Waals surface area contributed by atoms with E-state index in [1.807, 2.05) is 0 Å². The van der Waals surface area contributed by atoms with E-state index >= 15 is 0 Å². The summed E-state index contributed by atoms with van der Waals surface area (Å²) < 4.78 is 11.9. The van der Waals surface area contributed by atoms with Crippen LogP contribution >= 0.6 is 0 Å². The summed E-state index contributed by atoms with van der Waals surface area (Å²) in [6.45, 7) is 4.39. The summed E-state index contributed by atoms with van der Waals surface area (Å²) in [4.78, 5) is 15.4. The molecular formula is C23H32N2O3. The van der Waals surface area contributed by atoms with E-state index in [9.17, 15) is 4.79 Å². The SMILES string of the molecule is COCC1(C(=O)NC[C@H]2[C@H]3CN(Cc4ccccc4)C[C@]34CC[C@H]2O4)CCC1. The number of likely N-dealkylation sites (tertiary alicyclic amines) is 1. The van der Waals surface area contributed by atoms with Gasteiger partial charge in [-0.2, -0.15) is 0 Å². The molecule has 3 heterocycles. The van der Waals surface area contributed by atoms with Crippen molar-refractivity contribution in [3.05, 3.63) is 35.9 Å². The molecule has 0 unspecified atom stereocenters.